The zero-order valence-electron chi connectivity index (χ0n) is 58.0. The second-order valence-corrected chi connectivity index (χ2v) is 23.3. The molecule has 29 heteroatoms. The molecule has 0 saturated heterocycles. The molecule has 107 heavy (non-hydrogen) atoms. The van der Waals surface area contributed by atoms with Crippen molar-refractivity contribution in [3.05, 3.63) is 269 Å². The number of furan rings is 3. The van der Waals surface area contributed by atoms with Crippen molar-refractivity contribution in [2.45, 2.75) is 53.0 Å². The van der Waals surface area contributed by atoms with Crippen molar-refractivity contribution in [1.82, 2.24) is 29.8 Å². The fourth-order valence-corrected chi connectivity index (χ4v) is 10.4. The van der Waals surface area contributed by atoms with E-state index in [1.54, 1.807) is 103 Å². The number of ketones is 1. The summed E-state index contributed by atoms with van der Waals surface area (Å²) in [5.74, 6) is 0.0336. The molecule has 14 rings (SSSR count). The van der Waals surface area contributed by atoms with E-state index in [1.165, 1.54) is 27.6 Å². The number of nitrogens with zero attached hydrogens (tertiary/aromatic N) is 6. The summed E-state index contributed by atoms with van der Waals surface area (Å²) < 4.78 is 19.0. The van der Waals surface area contributed by atoms with Gasteiger partial charge in [-0.15, -0.1) is 10.2 Å². The number of H-pyrrole nitrogens is 1. The SMILES string of the molecule is Cc1ccc(CC(=O)n2nc(N)c3cc(-c4ccc(C(=O)CCc5cccc(O)c5)o4)ccc32)cc1.Cc1ccc(CC(=O)n2nc(N)c3cc(-c4ccc(C(=O)O)o4)ccc32)cc1.Cc1ccc(N=C=O)cc1.NCc1cccc(O)c1.Nc1n[nH]c2ccc(-c3ccc(C(=O)O)o3)cc12.O.O=CO[O-].[Na+]. The van der Waals surface area contributed by atoms with Crippen LogP contribution in [0.1, 0.15) is 86.6 Å². The molecule has 0 saturated carbocycles. The second-order valence-electron chi connectivity index (χ2n) is 23.3. The molecule has 0 atom stereocenters. The number of hydrogen-bond donors (Lipinski definition) is 9. The number of anilines is 3. The molecule has 0 aliphatic heterocycles. The van der Waals surface area contributed by atoms with Gasteiger partial charge in [0.15, 0.2) is 29.0 Å². The van der Waals surface area contributed by atoms with Crippen LogP contribution in [0.25, 0.3) is 66.7 Å². The van der Waals surface area contributed by atoms with Crippen molar-refractivity contribution in [3.8, 4) is 45.5 Å². The Kier molecular flexibility index (Phi) is 29.0. The number of aliphatic imine (C=N–C) groups is 1. The number of nitrogen functional groups attached to an aromatic ring is 3. The van der Waals surface area contributed by atoms with Gasteiger partial charge in [0, 0.05) is 45.8 Å². The van der Waals surface area contributed by atoms with Crippen LogP contribution in [0.4, 0.5) is 23.1 Å². The van der Waals surface area contributed by atoms with E-state index in [4.69, 9.17) is 61.6 Å². The third-order valence-electron chi connectivity index (χ3n) is 15.7. The van der Waals surface area contributed by atoms with Gasteiger partial charge in [0.1, 0.15) is 28.8 Å². The molecule has 14 aromatic rings. The maximum atomic E-state index is 12.9. The number of hydrogen-bond acceptors (Lipinski definition) is 22. The van der Waals surface area contributed by atoms with Crippen LogP contribution in [0.5, 0.6) is 11.5 Å². The van der Waals surface area contributed by atoms with Crippen molar-refractivity contribution in [2.75, 3.05) is 17.2 Å². The summed E-state index contributed by atoms with van der Waals surface area (Å²) >= 11 is 0. The number of phenolic OH excluding ortho intramolecular Hbond substituents is 2. The van der Waals surface area contributed by atoms with E-state index >= 15 is 0 Å². The largest absolute Gasteiger partial charge is 1.00 e. The number of Topliss-reactive ketones (excluding diaryl/α,β-unsaturated/α-hetero) is 1. The van der Waals surface area contributed by atoms with E-state index in [0.717, 1.165) is 61.0 Å². The first kappa shape index (κ1) is 81.0. The smallest absolute Gasteiger partial charge is 0.662 e. The zero-order chi connectivity index (χ0) is 75.3. The molecule has 8 aromatic carbocycles. The summed E-state index contributed by atoms with van der Waals surface area (Å²) in [5.41, 5.74) is 35.0. The minimum Gasteiger partial charge on any atom is -0.662 e. The monoisotopic (exact) mass is 1460 g/mol. The topological polar surface area (TPSA) is 484 Å². The Bertz CT molecular complexity index is 5460. The second kappa shape index (κ2) is 38.3. The first-order valence-corrected chi connectivity index (χ1v) is 31.9. The number of carboxylic acids is 2. The molecule has 6 heterocycles. The third kappa shape index (κ3) is 21.9. The number of phenols is 2. The van der Waals surface area contributed by atoms with Crippen LogP contribution in [0.15, 0.2) is 231 Å². The number of aromatic hydroxyl groups is 2. The number of aromatic amines is 1. The Labute approximate surface area is 631 Å². The fourth-order valence-electron chi connectivity index (χ4n) is 10.4. The van der Waals surface area contributed by atoms with Crippen LogP contribution in [0.2, 0.25) is 0 Å². The first-order chi connectivity index (χ1) is 50.5. The summed E-state index contributed by atoms with van der Waals surface area (Å²) in [6, 6.07) is 62.1. The molecule has 6 aromatic heterocycles. The number of carboxylic acid groups (broad SMARTS) is 2. The predicted octanol–water partition coefficient (Wildman–Crippen LogP) is 8.89. The number of aryl methyl sites for hydroxylation is 4. The average Bonchev–Trinajstić information content (AvgIpc) is 1.65. The minimum atomic E-state index is -1.14. The van der Waals surface area contributed by atoms with E-state index < -0.39 is 11.9 Å². The Hall–Kier alpha value is -13.3. The van der Waals surface area contributed by atoms with Crippen molar-refractivity contribution >= 4 is 97.9 Å². The first-order valence-electron chi connectivity index (χ1n) is 31.9. The molecule has 28 nitrogen and oxygen atoms in total. The average molecular weight is 1460 g/mol. The molecular weight excluding hydrogens is 1390 g/mol. The van der Waals surface area contributed by atoms with Gasteiger partial charge in [0.2, 0.25) is 17.6 Å². The number of nitrogens with two attached hydrogens (primary N) is 4. The Morgan fingerprint density at radius 2 is 0.953 bits per heavy atom. The van der Waals surface area contributed by atoms with Gasteiger partial charge in [-0.1, -0.05) is 102 Å². The summed E-state index contributed by atoms with van der Waals surface area (Å²) in [6.07, 6.45) is 2.66. The van der Waals surface area contributed by atoms with Crippen molar-refractivity contribution < 1.29 is 112 Å². The molecule has 0 spiro atoms. The summed E-state index contributed by atoms with van der Waals surface area (Å²) in [5, 5.41) is 61.9. The molecule has 0 unspecified atom stereocenters. The number of carbonyl (C=O) groups is 6. The predicted molar refractivity (Wildman–Crippen MR) is 393 cm³/mol. The number of carbonyl (C=O) groups excluding carboxylic acids is 5. The van der Waals surface area contributed by atoms with Gasteiger partial charge in [-0.2, -0.15) is 19.5 Å². The van der Waals surface area contributed by atoms with Gasteiger partial charge in [0.25, 0.3) is 18.3 Å². The van der Waals surface area contributed by atoms with Crippen LogP contribution in [-0.2, 0) is 40.3 Å². The number of aromatic nitrogens is 6. The Morgan fingerprint density at radius 1 is 0.542 bits per heavy atom. The van der Waals surface area contributed by atoms with Crippen molar-refractivity contribution in [2.24, 2.45) is 10.7 Å². The number of isocyanates is 1. The molecule has 0 amide bonds. The van der Waals surface area contributed by atoms with Crippen molar-refractivity contribution in [1.29, 1.82) is 0 Å². The Balaban J connectivity index is 0.000000198. The van der Waals surface area contributed by atoms with E-state index in [0.29, 0.717) is 69.1 Å². The maximum Gasteiger partial charge on any atom is 1.00 e. The molecule has 0 radical (unpaired) electrons. The van der Waals surface area contributed by atoms with Gasteiger partial charge in [-0.25, -0.2) is 14.4 Å². The zero-order valence-corrected chi connectivity index (χ0v) is 60.0. The number of benzene rings is 8. The van der Waals surface area contributed by atoms with Gasteiger partial charge in [-0.3, -0.25) is 24.3 Å². The van der Waals surface area contributed by atoms with E-state index in [-0.39, 0.29) is 119 Å². The van der Waals surface area contributed by atoms with Crippen LogP contribution >= 0.6 is 0 Å². The molecule has 0 aliphatic carbocycles. The van der Waals surface area contributed by atoms with E-state index in [2.05, 4.69) is 30.3 Å². The summed E-state index contributed by atoms with van der Waals surface area (Å²) in [7, 11) is 0. The fraction of sp³-hybridized carbons (Fsp3) is 0.103. The molecule has 0 aliphatic rings. The Morgan fingerprint density at radius 3 is 1.36 bits per heavy atom. The van der Waals surface area contributed by atoms with E-state index in [9.17, 15) is 33.9 Å². The number of fused-ring (bicyclic) bond motifs is 3. The van der Waals surface area contributed by atoms with Gasteiger partial charge in [0.05, 0.1) is 35.1 Å². The van der Waals surface area contributed by atoms with Crippen LogP contribution < -0.4 is 57.7 Å². The van der Waals surface area contributed by atoms with Crippen LogP contribution in [0, 0.1) is 20.8 Å². The minimum absolute atomic E-state index is 0. The molecule has 0 bridgehead atoms. The van der Waals surface area contributed by atoms with Gasteiger partial charge >= 0.3 is 41.5 Å². The van der Waals surface area contributed by atoms with E-state index in [1.807, 2.05) is 118 Å². The molecular formula is C78H70N11NaO17. The molecule has 540 valence electrons. The molecule has 0 fully saturated rings. The quantitative estimate of drug-likeness (QED) is 0.00828. The van der Waals surface area contributed by atoms with Crippen LogP contribution in [0.3, 0.4) is 0 Å². The van der Waals surface area contributed by atoms with Crippen LogP contribution in [-0.4, -0.2) is 97.7 Å². The number of nitrogens with one attached hydrogen (secondary N) is 1. The maximum absolute atomic E-state index is 12.9. The van der Waals surface area contributed by atoms with Crippen molar-refractivity contribution in [3.63, 3.8) is 0 Å². The normalized spacial score (nSPS) is 10.3. The van der Waals surface area contributed by atoms with Gasteiger partial charge < -0.3 is 72.2 Å². The standard InChI is InChI=1S/C29H25N3O4.C21H17N3O4.C12H9N3O3.C8H7NO.C7H9NO.CH2O3.Na.H2O/c1-18-5-7-20(8-6-18)16-28(35)32-24-11-10-21(17-23(24)29(30)31-32)26-13-14-27(36-26)25(34)12-9-19-3-2-4-22(33)15-19;1-12-2-4-13(5-3-12)10-19(25)24-16-7-6-14(11-15(16)20(22)23-24)17-8-9-18(28-17)21(26)27;13-11-7-5-6(1-2-8(7)14-15-11)9-3-4-10(18-9)12(16)17;1-7-2-4-8(5-3-7)9-6-10;8-5-6-2-1-3-7(9)4-6;2-1-4-3;;/h2-8,10-11,13-15,17,33H,9,12,16H2,1H3,(H2,30,31);2-9,11H,10H2,1H3,(H2,22,23)(H,26,27);1-5H,(H,16,17)(H3,13,14,15);2-5H,1H3;1-4,9H,5,8H2;1,3H;;1H2/q;;;;;;+1;/p-1. The number of aromatic carboxylic acids is 2. The van der Waals surface area contributed by atoms with Gasteiger partial charge in [-0.05, 0) is 177 Å². The number of rotatable bonds is 16. The third-order valence-corrected chi connectivity index (χ3v) is 15.7. The molecule has 15 N–H and O–H groups in total. The summed E-state index contributed by atoms with van der Waals surface area (Å²) in [4.78, 5) is 84.5. The summed E-state index contributed by atoms with van der Waals surface area (Å²) in [6.45, 7) is 6.27.